The van der Waals surface area contributed by atoms with Crippen molar-refractivity contribution >= 4 is 23.6 Å². The molecule has 0 unspecified atom stereocenters. The van der Waals surface area contributed by atoms with Crippen molar-refractivity contribution in [2.24, 2.45) is 5.10 Å². The van der Waals surface area contributed by atoms with Gasteiger partial charge in [-0.1, -0.05) is 18.2 Å². The molecule has 1 aliphatic rings. The molecule has 0 aliphatic carbocycles. The van der Waals surface area contributed by atoms with E-state index >= 15 is 0 Å². The molecule has 136 valence electrons. The van der Waals surface area contributed by atoms with E-state index in [0.717, 1.165) is 24.2 Å². The zero-order valence-electron chi connectivity index (χ0n) is 15.2. The first kappa shape index (κ1) is 17.8. The van der Waals surface area contributed by atoms with E-state index in [4.69, 9.17) is 4.74 Å². The summed E-state index contributed by atoms with van der Waals surface area (Å²) in [6.45, 7) is 4.30. The number of hydrogen-bond donors (Lipinski definition) is 2. The summed E-state index contributed by atoms with van der Waals surface area (Å²) in [6.07, 6.45) is 4.17. The maximum Gasteiger partial charge on any atom is 0.339 e. The van der Waals surface area contributed by atoms with Crippen LogP contribution >= 0.6 is 0 Å². The molecule has 3 rings (SSSR count). The highest BCUT2D eigenvalue weighted by atomic mass is 16.5. The number of urea groups is 1. The fourth-order valence-electron chi connectivity index (χ4n) is 3.04. The molecule has 2 amide bonds. The van der Waals surface area contributed by atoms with Crippen molar-refractivity contribution < 1.29 is 9.53 Å². The number of aryl methyl sites for hydroxylation is 1. The second-order valence-electron chi connectivity index (χ2n) is 6.26. The molecule has 1 heterocycles. The van der Waals surface area contributed by atoms with E-state index in [1.807, 2.05) is 18.2 Å². The topological polar surface area (TPSA) is 66.0 Å². The van der Waals surface area contributed by atoms with Gasteiger partial charge in [0.1, 0.15) is 5.75 Å². The molecule has 1 saturated heterocycles. The van der Waals surface area contributed by atoms with E-state index in [0.29, 0.717) is 11.4 Å². The molecule has 26 heavy (non-hydrogen) atoms. The van der Waals surface area contributed by atoms with E-state index in [1.54, 1.807) is 25.5 Å². The predicted molar refractivity (Wildman–Crippen MR) is 105 cm³/mol. The maximum atomic E-state index is 12.0. The van der Waals surface area contributed by atoms with Gasteiger partial charge in [0, 0.05) is 18.8 Å². The monoisotopic (exact) mass is 352 g/mol. The van der Waals surface area contributed by atoms with Crippen molar-refractivity contribution in [1.82, 2.24) is 5.43 Å². The Morgan fingerprint density at radius 2 is 1.96 bits per heavy atom. The number of hydrogen-bond acceptors (Lipinski definition) is 4. The summed E-state index contributed by atoms with van der Waals surface area (Å²) < 4.78 is 5.20. The summed E-state index contributed by atoms with van der Waals surface area (Å²) in [7, 11) is 1.56. The van der Waals surface area contributed by atoms with Crippen molar-refractivity contribution in [3.63, 3.8) is 0 Å². The molecule has 0 atom stereocenters. The largest absolute Gasteiger partial charge is 0.495 e. The first-order valence-electron chi connectivity index (χ1n) is 8.76. The normalized spacial score (nSPS) is 13.8. The first-order chi connectivity index (χ1) is 12.7. The van der Waals surface area contributed by atoms with Gasteiger partial charge in [-0.25, -0.2) is 10.2 Å². The summed E-state index contributed by atoms with van der Waals surface area (Å²) in [5.41, 5.74) is 6.43. The summed E-state index contributed by atoms with van der Waals surface area (Å²) in [5.74, 6) is 0.597. The van der Waals surface area contributed by atoms with Crippen molar-refractivity contribution in [2.75, 3.05) is 30.4 Å². The maximum absolute atomic E-state index is 12.0. The summed E-state index contributed by atoms with van der Waals surface area (Å²) in [5, 5.41) is 6.75. The number of carbonyl (C=O) groups excluding carboxylic acids is 1. The Morgan fingerprint density at radius 3 is 2.69 bits per heavy atom. The number of amides is 2. The first-order valence-corrected chi connectivity index (χ1v) is 8.76. The lowest BCUT2D eigenvalue weighted by Gasteiger charge is -2.18. The van der Waals surface area contributed by atoms with Gasteiger partial charge < -0.3 is 15.0 Å². The van der Waals surface area contributed by atoms with E-state index in [-0.39, 0.29) is 0 Å². The Kier molecular flexibility index (Phi) is 5.73. The van der Waals surface area contributed by atoms with Gasteiger partial charge in [0.05, 0.1) is 19.0 Å². The number of nitrogens with zero attached hydrogens (tertiary/aromatic N) is 2. The van der Waals surface area contributed by atoms with Crippen LogP contribution in [-0.4, -0.2) is 32.4 Å². The number of methoxy groups -OCH3 is 1. The highest BCUT2D eigenvalue weighted by Gasteiger charge is 2.12. The van der Waals surface area contributed by atoms with Crippen LogP contribution in [-0.2, 0) is 0 Å². The van der Waals surface area contributed by atoms with Crippen molar-refractivity contribution in [1.29, 1.82) is 0 Å². The lowest BCUT2D eigenvalue weighted by Crippen LogP contribution is -2.24. The van der Waals surface area contributed by atoms with Gasteiger partial charge in [0.2, 0.25) is 0 Å². The van der Waals surface area contributed by atoms with E-state index in [2.05, 4.69) is 39.8 Å². The fourth-order valence-corrected chi connectivity index (χ4v) is 3.04. The Bertz CT molecular complexity index is 798. The number of para-hydroxylation sites is 2. The second-order valence-corrected chi connectivity index (χ2v) is 6.26. The highest BCUT2D eigenvalue weighted by Crippen LogP contribution is 2.23. The van der Waals surface area contributed by atoms with Crippen LogP contribution in [0.3, 0.4) is 0 Å². The molecule has 2 N–H and O–H groups in total. The van der Waals surface area contributed by atoms with Gasteiger partial charge in [-0.2, -0.15) is 5.10 Å². The smallest absolute Gasteiger partial charge is 0.339 e. The van der Waals surface area contributed by atoms with Gasteiger partial charge in [0.25, 0.3) is 0 Å². The zero-order valence-corrected chi connectivity index (χ0v) is 15.2. The Balaban J connectivity index is 1.58. The Labute approximate surface area is 153 Å². The summed E-state index contributed by atoms with van der Waals surface area (Å²) in [4.78, 5) is 14.4. The Hall–Kier alpha value is -3.02. The van der Waals surface area contributed by atoms with E-state index < -0.39 is 6.03 Å². The number of carbonyl (C=O) groups is 1. The molecule has 0 aromatic heterocycles. The van der Waals surface area contributed by atoms with Crippen LogP contribution in [0, 0.1) is 6.92 Å². The quantitative estimate of drug-likeness (QED) is 0.636. The molecule has 0 bridgehead atoms. The van der Waals surface area contributed by atoms with Crippen LogP contribution < -0.4 is 20.4 Å². The highest BCUT2D eigenvalue weighted by molar-refractivity contribution is 5.92. The van der Waals surface area contributed by atoms with E-state index in [1.165, 1.54) is 18.5 Å². The number of ether oxygens (including phenoxy) is 1. The standard InChI is InChI=1S/C20H24N4O2/c1-15-13-17(24-11-5-6-12-24)10-9-16(15)14-21-23-20(25)22-18-7-3-4-8-19(18)26-2/h3-4,7-10,13-14H,5-6,11-12H2,1-2H3,(H2,22,23,25)/b21-14+. The van der Waals surface area contributed by atoms with Gasteiger partial charge in [-0.05, 0) is 55.2 Å². The summed E-state index contributed by atoms with van der Waals surface area (Å²) in [6, 6.07) is 13.1. The number of benzene rings is 2. The molecule has 2 aromatic rings. The van der Waals surface area contributed by atoms with Crippen LogP contribution in [0.15, 0.2) is 47.6 Å². The van der Waals surface area contributed by atoms with Crippen LogP contribution in [0.2, 0.25) is 0 Å². The molecule has 0 saturated carbocycles. The summed E-state index contributed by atoms with van der Waals surface area (Å²) >= 11 is 0. The third kappa shape index (κ3) is 4.33. The molecule has 0 spiro atoms. The molecule has 1 fully saturated rings. The fraction of sp³-hybridized carbons (Fsp3) is 0.300. The minimum Gasteiger partial charge on any atom is -0.495 e. The lowest BCUT2D eigenvalue weighted by molar-refractivity contribution is 0.252. The SMILES string of the molecule is COc1ccccc1NC(=O)N/N=C/c1ccc(N2CCCC2)cc1C. The van der Waals surface area contributed by atoms with Crippen molar-refractivity contribution in [3.8, 4) is 5.75 Å². The minimum atomic E-state index is -0.419. The van der Waals surface area contributed by atoms with Crippen LogP contribution in [0.5, 0.6) is 5.75 Å². The average Bonchev–Trinajstić information content (AvgIpc) is 3.18. The number of anilines is 2. The zero-order chi connectivity index (χ0) is 18.4. The number of rotatable bonds is 5. The molecule has 2 aromatic carbocycles. The second kappa shape index (κ2) is 8.38. The number of hydrazone groups is 1. The van der Waals surface area contributed by atoms with Crippen molar-refractivity contribution in [3.05, 3.63) is 53.6 Å². The van der Waals surface area contributed by atoms with Crippen molar-refractivity contribution in [2.45, 2.75) is 19.8 Å². The van der Waals surface area contributed by atoms with Gasteiger partial charge in [-0.3, -0.25) is 0 Å². The third-order valence-corrected chi connectivity index (χ3v) is 4.45. The molecule has 6 heteroatoms. The average molecular weight is 352 g/mol. The van der Waals surface area contributed by atoms with Crippen LogP contribution in [0.25, 0.3) is 0 Å². The molecular formula is C20H24N4O2. The molecule has 0 radical (unpaired) electrons. The lowest BCUT2D eigenvalue weighted by atomic mass is 10.1. The van der Waals surface area contributed by atoms with E-state index in [9.17, 15) is 4.79 Å². The van der Waals surface area contributed by atoms with Gasteiger partial charge in [-0.15, -0.1) is 0 Å². The third-order valence-electron chi connectivity index (χ3n) is 4.45. The molecular weight excluding hydrogens is 328 g/mol. The Morgan fingerprint density at radius 1 is 1.19 bits per heavy atom. The van der Waals surface area contributed by atoms with Gasteiger partial charge in [0.15, 0.2) is 0 Å². The molecule has 6 nitrogen and oxygen atoms in total. The van der Waals surface area contributed by atoms with Crippen LogP contribution in [0.1, 0.15) is 24.0 Å². The molecule has 1 aliphatic heterocycles. The predicted octanol–water partition coefficient (Wildman–Crippen LogP) is 3.76. The number of nitrogens with one attached hydrogen (secondary N) is 2. The van der Waals surface area contributed by atoms with Gasteiger partial charge >= 0.3 is 6.03 Å². The van der Waals surface area contributed by atoms with Crippen LogP contribution in [0.4, 0.5) is 16.2 Å². The minimum absolute atomic E-state index is 0.419.